The molecule has 5 nitrogen and oxygen atoms in total. The van der Waals surface area contributed by atoms with Gasteiger partial charge in [-0.05, 0) is 57.1 Å². The lowest BCUT2D eigenvalue weighted by molar-refractivity contribution is -0.122. The van der Waals surface area contributed by atoms with Gasteiger partial charge >= 0.3 is 0 Å². The minimum absolute atomic E-state index is 0.113. The molecule has 186 valence electrons. The molecule has 0 aromatic carbocycles. The smallest absolute Gasteiger partial charge is 0.220 e. The molecule has 1 fully saturated rings. The fraction of sp³-hybridized carbons (Fsp3) is 0.714. The van der Waals surface area contributed by atoms with Crippen LogP contribution in [0.3, 0.4) is 0 Å². The van der Waals surface area contributed by atoms with Crippen LogP contribution in [0, 0.1) is 11.8 Å². The first-order chi connectivity index (χ1) is 16.0. The van der Waals surface area contributed by atoms with Crippen LogP contribution >= 0.6 is 0 Å². The van der Waals surface area contributed by atoms with E-state index < -0.39 is 0 Å². The standard InChI is InChI=1S/C28H45NO4/c1-3-4-7-11-24(30)18-16-23-17-20-27(31)26(23)13-8-5-6-9-14-28(32)29-22(2)15-19-25-12-10-21-33-25/h10,12,16,18,21-24,26,30H,3-9,11,13-15,17,19-20H2,1-2H3,(H,29,32)/t22-,23-,24+,26-/m1/s1. The molecule has 0 spiro atoms. The van der Waals surface area contributed by atoms with Crippen LogP contribution in [0.2, 0.25) is 0 Å². The van der Waals surface area contributed by atoms with Gasteiger partial charge in [0.15, 0.2) is 0 Å². The number of Topliss-reactive ketones (excluding diaryl/α,β-unsaturated/α-hetero) is 1. The number of carbonyl (C=O) groups is 2. The molecule has 1 aliphatic rings. The number of unbranched alkanes of at least 4 members (excludes halogenated alkanes) is 5. The Balaban J connectivity index is 1.55. The molecule has 1 heterocycles. The third-order valence-corrected chi connectivity index (χ3v) is 6.82. The molecule has 0 unspecified atom stereocenters. The van der Waals surface area contributed by atoms with Crippen molar-refractivity contribution in [3.05, 3.63) is 36.3 Å². The van der Waals surface area contributed by atoms with Crippen LogP contribution in [0.15, 0.2) is 35.0 Å². The van der Waals surface area contributed by atoms with Gasteiger partial charge in [0.05, 0.1) is 12.4 Å². The van der Waals surface area contributed by atoms with Crippen molar-refractivity contribution in [1.82, 2.24) is 5.32 Å². The van der Waals surface area contributed by atoms with Crippen molar-refractivity contribution in [2.45, 2.75) is 116 Å². The molecule has 1 aromatic rings. The van der Waals surface area contributed by atoms with Crippen molar-refractivity contribution in [2.24, 2.45) is 11.8 Å². The number of aryl methyl sites for hydroxylation is 1. The summed E-state index contributed by atoms with van der Waals surface area (Å²) in [6.07, 6.45) is 18.3. The van der Waals surface area contributed by atoms with Gasteiger partial charge in [-0.2, -0.15) is 0 Å². The summed E-state index contributed by atoms with van der Waals surface area (Å²) >= 11 is 0. The fourth-order valence-electron chi connectivity index (χ4n) is 4.75. The summed E-state index contributed by atoms with van der Waals surface area (Å²) < 4.78 is 5.33. The predicted octanol–water partition coefficient (Wildman–Crippen LogP) is 6.15. The number of furan rings is 1. The molecule has 0 saturated heterocycles. The van der Waals surface area contributed by atoms with Crippen molar-refractivity contribution in [1.29, 1.82) is 0 Å². The van der Waals surface area contributed by atoms with Gasteiger partial charge in [0, 0.05) is 31.2 Å². The largest absolute Gasteiger partial charge is 0.469 e. The highest BCUT2D eigenvalue weighted by Crippen LogP contribution is 2.34. The van der Waals surface area contributed by atoms with E-state index in [9.17, 15) is 14.7 Å². The van der Waals surface area contributed by atoms with Gasteiger partial charge in [0.25, 0.3) is 0 Å². The monoisotopic (exact) mass is 459 g/mol. The van der Waals surface area contributed by atoms with E-state index in [1.807, 2.05) is 25.1 Å². The average molecular weight is 460 g/mol. The summed E-state index contributed by atoms with van der Waals surface area (Å²) in [7, 11) is 0. The van der Waals surface area contributed by atoms with Crippen molar-refractivity contribution in [2.75, 3.05) is 0 Å². The Morgan fingerprint density at radius 3 is 2.79 bits per heavy atom. The van der Waals surface area contributed by atoms with Gasteiger partial charge < -0.3 is 14.8 Å². The topological polar surface area (TPSA) is 79.5 Å². The van der Waals surface area contributed by atoms with E-state index in [4.69, 9.17) is 4.42 Å². The average Bonchev–Trinajstić information content (AvgIpc) is 3.43. The van der Waals surface area contributed by atoms with Crippen LogP contribution in [-0.4, -0.2) is 28.9 Å². The number of aliphatic hydroxyl groups excluding tert-OH is 1. The van der Waals surface area contributed by atoms with Gasteiger partial charge in [0.1, 0.15) is 11.5 Å². The van der Waals surface area contributed by atoms with Gasteiger partial charge in [-0.25, -0.2) is 0 Å². The predicted molar refractivity (Wildman–Crippen MR) is 133 cm³/mol. The number of hydrogen-bond acceptors (Lipinski definition) is 4. The van der Waals surface area contributed by atoms with Gasteiger partial charge in [-0.3, -0.25) is 9.59 Å². The van der Waals surface area contributed by atoms with Gasteiger partial charge in [-0.1, -0.05) is 57.6 Å². The van der Waals surface area contributed by atoms with Gasteiger partial charge in [0.2, 0.25) is 5.91 Å². The highest BCUT2D eigenvalue weighted by Gasteiger charge is 2.32. The Morgan fingerprint density at radius 1 is 1.21 bits per heavy atom. The van der Waals surface area contributed by atoms with E-state index in [2.05, 4.69) is 18.3 Å². The van der Waals surface area contributed by atoms with Crippen molar-refractivity contribution < 1.29 is 19.1 Å². The lowest BCUT2D eigenvalue weighted by Crippen LogP contribution is -2.32. The summed E-state index contributed by atoms with van der Waals surface area (Å²) in [5, 5.41) is 13.2. The maximum atomic E-state index is 12.3. The zero-order chi connectivity index (χ0) is 23.9. The molecule has 1 amide bonds. The highest BCUT2D eigenvalue weighted by molar-refractivity contribution is 5.83. The van der Waals surface area contributed by atoms with Crippen LogP contribution < -0.4 is 5.32 Å². The Hall–Kier alpha value is -1.88. The second-order valence-electron chi connectivity index (χ2n) is 9.76. The first-order valence-electron chi connectivity index (χ1n) is 13.2. The maximum absolute atomic E-state index is 12.3. The summed E-state index contributed by atoms with van der Waals surface area (Å²) in [5.41, 5.74) is 0. The molecule has 1 aromatic heterocycles. The van der Waals surface area contributed by atoms with Crippen LogP contribution in [0.1, 0.15) is 103 Å². The lowest BCUT2D eigenvalue weighted by Gasteiger charge is -2.16. The SMILES string of the molecule is CCCCC[C@H](O)C=C[C@@H]1CCC(=O)[C@@H]1CCCCCCC(=O)N[C@H](C)CCc1ccco1. The number of allylic oxidation sites excluding steroid dienone is 1. The molecule has 0 bridgehead atoms. The number of ketones is 1. The van der Waals surface area contributed by atoms with Crippen LogP contribution in [0.5, 0.6) is 0 Å². The van der Waals surface area contributed by atoms with Crippen LogP contribution in [-0.2, 0) is 16.0 Å². The van der Waals surface area contributed by atoms with E-state index in [-0.39, 0.29) is 29.9 Å². The quantitative estimate of drug-likeness (QED) is 0.216. The second kappa shape index (κ2) is 15.9. The third kappa shape index (κ3) is 11.2. The number of rotatable bonds is 17. The number of hydrogen-bond donors (Lipinski definition) is 2. The molecular formula is C28H45NO4. The first kappa shape index (κ1) is 27.4. The van der Waals surface area contributed by atoms with Crippen LogP contribution in [0.4, 0.5) is 0 Å². The lowest BCUT2D eigenvalue weighted by atomic mass is 9.89. The molecule has 5 heteroatoms. The number of carbonyl (C=O) groups excluding carboxylic acids is 2. The van der Waals surface area contributed by atoms with Crippen LogP contribution in [0.25, 0.3) is 0 Å². The zero-order valence-electron chi connectivity index (χ0n) is 20.8. The Bertz CT molecular complexity index is 697. The number of nitrogens with one attached hydrogen (secondary N) is 1. The Labute approximate surface area is 200 Å². The zero-order valence-corrected chi connectivity index (χ0v) is 20.8. The van der Waals surface area contributed by atoms with E-state index in [1.54, 1.807) is 6.26 Å². The number of aliphatic hydroxyl groups is 1. The normalized spacial score (nSPS) is 20.4. The highest BCUT2D eigenvalue weighted by atomic mass is 16.3. The summed E-state index contributed by atoms with van der Waals surface area (Å²) in [6, 6.07) is 3.99. The fourth-order valence-corrected chi connectivity index (χ4v) is 4.75. The molecule has 1 aliphatic carbocycles. The van der Waals surface area contributed by atoms with E-state index >= 15 is 0 Å². The summed E-state index contributed by atoms with van der Waals surface area (Å²) in [5.74, 6) is 1.86. The van der Waals surface area contributed by atoms with Crippen molar-refractivity contribution >= 4 is 11.7 Å². The van der Waals surface area contributed by atoms with Crippen molar-refractivity contribution in [3.63, 3.8) is 0 Å². The molecule has 0 radical (unpaired) electrons. The number of amides is 1. The maximum Gasteiger partial charge on any atom is 0.220 e. The Morgan fingerprint density at radius 2 is 2.03 bits per heavy atom. The molecule has 2 rings (SSSR count). The van der Waals surface area contributed by atoms with Crippen molar-refractivity contribution in [3.8, 4) is 0 Å². The van der Waals surface area contributed by atoms with Gasteiger partial charge in [-0.15, -0.1) is 0 Å². The van der Waals surface area contributed by atoms with E-state index in [1.165, 1.54) is 0 Å². The molecule has 33 heavy (non-hydrogen) atoms. The summed E-state index contributed by atoms with van der Waals surface area (Å²) in [4.78, 5) is 24.5. The van der Waals surface area contributed by atoms with E-state index in [0.717, 1.165) is 82.8 Å². The molecule has 2 N–H and O–H groups in total. The summed E-state index contributed by atoms with van der Waals surface area (Å²) in [6.45, 7) is 4.20. The molecular weight excluding hydrogens is 414 g/mol. The molecule has 0 aliphatic heterocycles. The minimum atomic E-state index is -0.382. The molecule has 4 atom stereocenters. The third-order valence-electron chi connectivity index (χ3n) is 6.82. The first-order valence-corrected chi connectivity index (χ1v) is 13.2. The molecule has 1 saturated carbocycles. The Kier molecular flexibility index (Phi) is 13.2. The second-order valence-corrected chi connectivity index (χ2v) is 9.76. The minimum Gasteiger partial charge on any atom is -0.469 e. The van der Waals surface area contributed by atoms with E-state index in [0.29, 0.717) is 18.6 Å².